The van der Waals surface area contributed by atoms with E-state index >= 15 is 0 Å². The van der Waals surface area contributed by atoms with Crippen LogP contribution in [0.5, 0.6) is 0 Å². The Kier molecular flexibility index (Phi) is 5.00. The number of aryl methyl sites for hydroxylation is 1. The van der Waals surface area contributed by atoms with E-state index < -0.39 is 20.6 Å². The molecule has 1 aliphatic carbocycles. The Morgan fingerprint density at radius 3 is 2.63 bits per heavy atom. The van der Waals surface area contributed by atoms with Crippen LogP contribution >= 0.6 is 0 Å². The monoisotopic (exact) mass is 431 g/mol. The number of anilines is 3. The average molecular weight is 432 g/mol. The topological polar surface area (TPSA) is 80.2 Å². The first-order valence-electron chi connectivity index (χ1n) is 10.1. The minimum absolute atomic E-state index is 0.187. The minimum atomic E-state index is -3.72. The van der Waals surface area contributed by atoms with Gasteiger partial charge in [-0.25, -0.2) is 12.8 Å². The van der Waals surface area contributed by atoms with Gasteiger partial charge in [-0.15, -0.1) is 6.58 Å². The van der Waals surface area contributed by atoms with Crippen LogP contribution in [-0.2, 0) is 23.0 Å². The molecule has 1 saturated carbocycles. The molecule has 8 heteroatoms. The predicted octanol–water partition coefficient (Wildman–Crippen LogP) is 4.14. The van der Waals surface area contributed by atoms with Crippen molar-refractivity contribution < 1.29 is 12.8 Å². The van der Waals surface area contributed by atoms with Gasteiger partial charge in [-0.1, -0.05) is 12.1 Å². The number of hydrogen-bond donors (Lipinski definition) is 2. The highest BCUT2D eigenvalue weighted by Gasteiger charge is 2.54. The molecule has 2 N–H and O–H groups in total. The molecule has 1 aromatic carbocycles. The van der Waals surface area contributed by atoms with Crippen LogP contribution < -0.4 is 15.6 Å². The maximum Gasteiger partial charge on any atom is 0.255 e. The number of sulfonamides is 1. The molecule has 0 atom stereocenters. The van der Waals surface area contributed by atoms with Crippen molar-refractivity contribution in [1.82, 2.24) is 4.57 Å². The van der Waals surface area contributed by atoms with Crippen molar-refractivity contribution in [3.63, 3.8) is 0 Å². The predicted molar refractivity (Wildman–Crippen MR) is 118 cm³/mol. The number of pyridine rings is 1. The Bertz CT molecular complexity index is 1200. The van der Waals surface area contributed by atoms with Gasteiger partial charge in [0.2, 0.25) is 10.0 Å². The van der Waals surface area contributed by atoms with Gasteiger partial charge >= 0.3 is 0 Å². The molecule has 4 rings (SSSR count). The fraction of sp³-hybridized carbons (Fsp3) is 0.409. The molecule has 30 heavy (non-hydrogen) atoms. The quantitative estimate of drug-likeness (QED) is 0.646. The minimum Gasteiger partial charge on any atom is -0.351 e. The number of nitrogens with one attached hydrogen (secondary N) is 2. The van der Waals surface area contributed by atoms with Crippen LogP contribution in [0.2, 0.25) is 0 Å². The summed E-state index contributed by atoms with van der Waals surface area (Å²) in [5, 5.41) is 3.00. The summed E-state index contributed by atoms with van der Waals surface area (Å²) in [6, 6.07) is 4.74. The molecule has 0 saturated heterocycles. The molecule has 0 radical (unpaired) electrons. The van der Waals surface area contributed by atoms with Crippen LogP contribution in [0, 0.1) is 19.7 Å². The molecule has 1 aliphatic heterocycles. The van der Waals surface area contributed by atoms with Crippen molar-refractivity contribution in [2.24, 2.45) is 0 Å². The summed E-state index contributed by atoms with van der Waals surface area (Å²) in [6.07, 6.45) is 4.45. The lowest BCUT2D eigenvalue weighted by Gasteiger charge is -2.23. The smallest absolute Gasteiger partial charge is 0.255 e. The molecule has 2 heterocycles. The summed E-state index contributed by atoms with van der Waals surface area (Å²) in [5.41, 5.74) is 2.43. The Balaban J connectivity index is 1.85. The molecule has 0 amide bonds. The number of halogens is 1. The third-order valence-corrected chi connectivity index (χ3v) is 8.30. The lowest BCUT2D eigenvalue weighted by atomic mass is 10.1. The second-order valence-electron chi connectivity index (χ2n) is 8.27. The Morgan fingerprint density at radius 2 is 2.00 bits per heavy atom. The summed E-state index contributed by atoms with van der Waals surface area (Å²) in [5.74, 6) is -0.464. The van der Waals surface area contributed by atoms with Gasteiger partial charge in [0.15, 0.2) is 0 Å². The van der Waals surface area contributed by atoms with E-state index in [1.165, 1.54) is 6.07 Å². The largest absolute Gasteiger partial charge is 0.351 e. The van der Waals surface area contributed by atoms with E-state index in [2.05, 4.69) is 16.6 Å². The highest BCUT2D eigenvalue weighted by Crippen LogP contribution is 2.48. The molecule has 0 spiro atoms. The van der Waals surface area contributed by atoms with Crippen molar-refractivity contribution >= 4 is 27.1 Å². The first-order valence-corrected chi connectivity index (χ1v) is 11.6. The van der Waals surface area contributed by atoms with Crippen molar-refractivity contribution in [3.05, 3.63) is 63.8 Å². The fourth-order valence-electron chi connectivity index (χ4n) is 4.15. The molecule has 2 aliphatic rings. The third-order valence-electron chi connectivity index (χ3n) is 6.12. The summed E-state index contributed by atoms with van der Waals surface area (Å²) in [7, 11) is -3.72. The third kappa shape index (κ3) is 3.33. The lowest BCUT2D eigenvalue weighted by Crippen LogP contribution is -2.32. The van der Waals surface area contributed by atoms with Crippen LogP contribution in [0.15, 0.2) is 35.6 Å². The van der Waals surface area contributed by atoms with Gasteiger partial charge in [0.05, 0.1) is 21.8 Å². The van der Waals surface area contributed by atoms with Gasteiger partial charge in [0, 0.05) is 17.8 Å². The van der Waals surface area contributed by atoms with Gasteiger partial charge < -0.3 is 9.88 Å². The van der Waals surface area contributed by atoms with E-state index in [-0.39, 0.29) is 11.2 Å². The fourth-order valence-corrected chi connectivity index (χ4v) is 5.83. The highest BCUT2D eigenvalue weighted by molar-refractivity contribution is 7.94. The standard InChI is InChI=1S/C22H26FN3O3S/c1-4-9-22(10-11-22)30(28,29)25-20-18-6-5-12-26(18)21(27)15(3)19(20)24-17-8-7-14(2)13-16(17)23/h4,7-8,13,24-25H,1,5-6,9-12H2,2-3H3. The molecule has 1 aromatic heterocycles. The van der Waals surface area contributed by atoms with Crippen LogP contribution in [0.25, 0.3) is 0 Å². The van der Waals surface area contributed by atoms with E-state index in [4.69, 9.17) is 0 Å². The molecular formula is C22H26FN3O3S. The molecule has 6 nitrogen and oxygen atoms in total. The Morgan fingerprint density at radius 1 is 1.27 bits per heavy atom. The van der Waals surface area contributed by atoms with Gasteiger partial charge in [-0.3, -0.25) is 9.52 Å². The first-order chi connectivity index (χ1) is 14.2. The summed E-state index contributed by atoms with van der Waals surface area (Å²) < 4.78 is 44.5. The molecule has 0 unspecified atom stereocenters. The average Bonchev–Trinajstić information content (AvgIpc) is 3.32. The Hall–Kier alpha value is -2.61. The van der Waals surface area contributed by atoms with Gasteiger partial charge in [-0.2, -0.15) is 0 Å². The number of rotatable bonds is 7. The summed E-state index contributed by atoms with van der Waals surface area (Å²) in [4.78, 5) is 12.9. The van der Waals surface area contributed by atoms with E-state index in [9.17, 15) is 17.6 Å². The number of hydrogen-bond acceptors (Lipinski definition) is 4. The van der Waals surface area contributed by atoms with Crippen molar-refractivity contribution in [2.75, 3.05) is 10.0 Å². The van der Waals surface area contributed by atoms with Crippen LogP contribution in [0.1, 0.15) is 42.5 Å². The molecule has 1 fully saturated rings. The van der Waals surface area contributed by atoms with Crippen LogP contribution in [0.3, 0.4) is 0 Å². The van der Waals surface area contributed by atoms with Gasteiger partial charge in [-0.05, 0) is 63.6 Å². The Labute approximate surface area is 175 Å². The zero-order chi connectivity index (χ0) is 21.7. The molecule has 160 valence electrons. The van der Waals surface area contributed by atoms with E-state index in [0.29, 0.717) is 54.9 Å². The number of nitrogens with zero attached hydrogens (tertiary/aromatic N) is 1. The van der Waals surface area contributed by atoms with Crippen molar-refractivity contribution in [2.45, 2.75) is 57.2 Å². The normalized spacial score (nSPS) is 16.8. The van der Waals surface area contributed by atoms with Crippen molar-refractivity contribution in [3.8, 4) is 0 Å². The van der Waals surface area contributed by atoms with Gasteiger partial charge in [0.1, 0.15) is 5.82 Å². The van der Waals surface area contributed by atoms with Crippen LogP contribution in [0.4, 0.5) is 21.5 Å². The number of benzene rings is 1. The summed E-state index contributed by atoms with van der Waals surface area (Å²) >= 11 is 0. The van der Waals surface area contributed by atoms with Crippen molar-refractivity contribution in [1.29, 1.82) is 0 Å². The van der Waals surface area contributed by atoms with E-state index in [0.717, 1.165) is 12.0 Å². The second-order valence-corrected chi connectivity index (χ2v) is 10.3. The number of aromatic nitrogens is 1. The zero-order valence-electron chi connectivity index (χ0n) is 17.2. The maximum atomic E-state index is 14.5. The SMILES string of the molecule is C=CCC1(S(=O)(=O)Nc2c(Nc3ccc(C)cc3F)c(C)c(=O)n3c2CCC3)CC1. The van der Waals surface area contributed by atoms with Gasteiger partial charge in [0.25, 0.3) is 5.56 Å². The molecule has 0 bridgehead atoms. The first kappa shape index (κ1) is 20.7. The zero-order valence-corrected chi connectivity index (χ0v) is 18.0. The lowest BCUT2D eigenvalue weighted by molar-refractivity contribution is 0.582. The van der Waals surface area contributed by atoms with E-state index in [1.54, 1.807) is 36.6 Å². The molecule has 2 aromatic rings. The molecular weight excluding hydrogens is 405 g/mol. The highest BCUT2D eigenvalue weighted by atomic mass is 32.2. The maximum absolute atomic E-state index is 14.5. The number of allylic oxidation sites excluding steroid dienone is 1. The van der Waals surface area contributed by atoms with E-state index in [1.807, 2.05) is 0 Å². The van der Waals surface area contributed by atoms with Crippen LogP contribution in [-0.4, -0.2) is 17.7 Å². The number of fused-ring (bicyclic) bond motifs is 1. The second kappa shape index (κ2) is 7.27. The summed E-state index contributed by atoms with van der Waals surface area (Å²) in [6.45, 7) is 7.65.